The minimum absolute atomic E-state index is 0.279. The highest BCUT2D eigenvalue weighted by atomic mass is 19.1. The van der Waals surface area contributed by atoms with Crippen molar-refractivity contribution in [1.82, 2.24) is 4.57 Å². The molecule has 1 heterocycles. The van der Waals surface area contributed by atoms with E-state index in [9.17, 15) is 9.18 Å². The van der Waals surface area contributed by atoms with Gasteiger partial charge in [0.2, 0.25) is 0 Å². The predicted molar refractivity (Wildman–Crippen MR) is 73.8 cm³/mol. The molecular formula is C15H13FN2O2. The number of oxazole rings is 1. The van der Waals surface area contributed by atoms with E-state index in [0.29, 0.717) is 11.1 Å². The molecule has 0 aliphatic rings. The maximum Gasteiger partial charge on any atom is 0.420 e. The molecule has 1 atom stereocenters. The summed E-state index contributed by atoms with van der Waals surface area (Å²) in [7, 11) is 0. The second-order valence-electron chi connectivity index (χ2n) is 4.60. The van der Waals surface area contributed by atoms with Crippen LogP contribution in [0.15, 0.2) is 57.7 Å². The van der Waals surface area contributed by atoms with Crippen molar-refractivity contribution in [2.45, 2.75) is 12.6 Å². The van der Waals surface area contributed by atoms with Crippen LogP contribution >= 0.6 is 0 Å². The minimum Gasteiger partial charge on any atom is -0.408 e. The molecule has 2 N–H and O–H groups in total. The Balaban J connectivity index is 1.95. The molecule has 0 bridgehead atoms. The molecule has 102 valence electrons. The summed E-state index contributed by atoms with van der Waals surface area (Å²) in [5.41, 5.74) is 8.07. The normalized spacial score (nSPS) is 12.7. The van der Waals surface area contributed by atoms with Crippen LogP contribution in [0.25, 0.3) is 11.1 Å². The van der Waals surface area contributed by atoms with Crippen LogP contribution in [-0.2, 0) is 6.54 Å². The van der Waals surface area contributed by atoms with Gasteiger partial charge in [-0.3, -0.25) is 4.57 Å². The highest BCUT2D eigenvalue weighted by Crippen LogP contribution is 2.17. The molecule has 3 aromatic rings. The maximum atomic E-state index is 12.9. The molecule has 1 aromatic heterocycles. The number of nitrogens with two attached hydrogens (primary N) is 1. The van der Waals surface area contributed by atoms with E-state index in [0.717, 1.165) is 5.56 Å². The molecule has 2 aromatic carbocycles. The summed E-state index contributed by atoms with van der Waals surface area (Å²) in [6.45, 7) is 0.279. The van der Waals surface area contributed by atoms with Crippen molar-refractivity contribution in [3.63, 3.8) is 0 Å². The lowest BCUT2D eigenvalue weighted by Crippen LogP contribution is -2.23. The predicted octanol–water partition coefficient (Wildman–Crippen LogP) is 2.43. The molecule has 0 fully saturated rings. The Morgan fingerprint density at radius 2 is 1.85 bits per heavy atom. The van der Waals surface area contributed by atoms with Gasteiger partial charge in [-0.05, 0) is 29.8 Å². The van der Waals surface area contributed by atoms with E-state index in [1.165, 1.54) is 16.7 Å². The number of halogens is 1. The van der Waals surface area contributed by atoms with E-state index in [2.05, 4.69) is 0 Å². The van der Waals surface area contributed by atoms with E-state index in [-0.39, 0.29) is 12.4 Å². The largest absolute Gasteiger partial charge is 0.420 e. The number of nitrogens with zero attached hydrogens (tertiary/aromatic N) is 1. The SMILES string of the molecule is NC(Cn1c(=O)oc2ccccc21)c1ccc(F)cc1. The Morgan fingerprint density at radius 1 is 1.15 bits per heavy atom. The van der Waals surface area contributed by atoms with E-state index in [1.54, 1.807) is 30.3 Å². The van der Waals surface area contributed by atoms with Crippen LogP contribution in [0.1, 0.15) is 11.6 Å². The van der Waals surface area contributed by atoms with Crippen molar-refractivity contribution >= 4 is 11.1 Å². The van der Waals surface area contributed by atoms with Gasteiger partial charge in [0, 0.05) is 12.6 Å². The van der Waals surface area contributed by atoms with Crippen LogP contribution < -0.4 is 11.5 Å². The van der Waals surface area contributed by atoms with Gasteiger partial charge in [-0.2, -0.15) is 0 Å². The highest BCUT2D eigenvalue weighted by molar-refractivity contribution is 5.72. The number of hydrogen-bond donors (Lipinski definition) is 1. The first-order chi connectivity index (χ1) is 9.65. The van der Waals surface area contributed by atoms with Gasteiger partial charge in [0.1, 0.15) is 5.82 Å². The third kappa shape index (κ3) is 2.23. The Kier molecular flexibility index (Phi) is 3.12. The van der Waals surface area contributed by atoms with Gasteiger partial charge in [0.05, 0.1) is 5.52 Å². The first-order valence-corrected chi connectivity index (χ1v) is 6.24. The lowest BCUT2D eigenvalue weighted by atomic mass is 10.1. The topological polar surface area (TPSA) is 61.2 Å². The smallest absolute Gasteiger partial charge is 0.408 e. The highest BCUT2D eigenvalue weighted by Gasteiger charge is 2.13. The van der Waals surface area contributed by atoms with Crippen LogP contribution in [0.5, 0.6) is 0 Å². The molecule has 4 nitrogen and oxygen atoms in total. The summed E-state index contributed by atoms with van der Waals surface area (Å²) < 4.78 is 19.5. The van der Waals surface area contributed by atoms with Gasteiger partial charge >= 0.3 is 5.76 Å². The molecule has 0 saturated heterocycles. The molecule has 0 amide bonds. The van der Waals surface area contributed by atoms with E-state index < -0.39 is 11.8 Å². The molecule has 3 rings (SSSR count). The summed E-state index contributed by atoms with van der Waals surface area (Å²) in [5, 5.41) is 0. The van der Waals surface area contributed by atoms with Gasteiger partial charge in [0.25, 0.3) is 0 Å². The van der Waals surface area contributed by atoms with E-state index >= 15 is 0 Å². The monoisotopic (exact) mass is 272 g/mol. The van der Waals surface area contributed by atoms with Gasteiger partial charge in [-0.1, -0.05) is 24.3 Å². The van der Waals surface area contributed by atoms with Crippen LogP contribution in [0.3, 0.4) is 0 Å². The Bertz CT molecular complexity index is 789. The number of benzene rings is 2. The summed E-state index contributed by atoms with van der Waals surface area (Å²) in [4.78, 5) is 11.8. The van der Waals surface area contributed by atoms with Crippen LogP contribution in [0, 0.1) is 5.82 Å². The molecule has 0 spiro atoms. The molecule has 5 heteroatoms. The second kappa shape index (κ2) is 4.94. The quantitative estimate of drug-likeness (QED) is 0.796. The fourth-order valence-corrected chi connectivity index (χ4v) is 2.20. The summed E-state index contributed by atoms with van der Waals surface area (Å²) >= 11 is 0. The van der Waals surface area contributed by atoms with Gasteiger partial charge in [-0.25, -0.2) is 9.18 Å². The number of rotatable bonds is 3. The first kappa shape index (κ1) is 12.6. The van der Waals surface area contributed by atoms with E-state index in [1.807, 2.05) is 6.07 Å². The zero-order valence-electron chi connectivity index (χ0n) is 10.6. The Hall–Kier alpha value is -2.40. The standard InChI is InChI=1S/C15H13FN2O2/c16-11-7-5-10(6-8-11)12(17)9-18-13-3-1-2-4-14(13)20-15(18)19/h1-8,12H,9,17H2. The van der Waals surface area contributed by atoms with Crippen molar-refractivity contribution in [2.75, 3.05) is 0 Å². The molecule has 0 radical (unpaired) electrons. The number of para-hydroxylation sites is 2. The fraction of sp³-hybridized carbons (Fsp3) is 0.133. The molecule has 1 unspecified atom stereocenters. The molecule has 20 heavy (non-hydrogen) atoms. The third-order valence-corrected chi connectivity index (χ3v) is 3.25. The van der Waals surface area contributed by atoms with Gasteiger partial charge in [-0.15, -0.1) is 0 Å². The van der Waals surface area contributed by atoms with Crippen molar-refractivity contribution in [3.8, 4) is 0 Å². The summed E-state index contributed by atoms with van der Waals surface area (Å²) in [6, 6.07) is 12.7. The Labute approximate surface area is 114 Å². The first-order valence-electron chi connectivity index (χ1n) is 6.24. The van der Waals surface area contributed by atoms with Crippen LogP contribution in [0.4, 0.5) is 4.39 Å². The van der Waals surface area contributed by atoms with Gasteiger partial charge in [0.15, 0.2) is 5.58 Å². The number of hydrogen-bond acceptors (Lipinski definition) is 3. The van der Waals surface area contributed by atoms with Crippen LogP contribution in [0.2, 0.25) is 0 Å². The maximum absolute atomic E-state index is 12.9. The molecule has 0 aliphatic carbocycles. The van der Waals surface area contributed by atoms with Gasteiger partial charge < -0.3 is 10.2 Å². The van der Waals surface area contributed by atoms with E-state index in [4.69, 9.17) is 10.2 Å². The zero-order valence-corrected chi connectivity index (χ0v) is 10.6. The Morgan fingerprint density at radius 3 is 2.60 bits per heavy atom. The fourth-order valence-electron chi connectivity index (χ4n) is 2.20. The second-order valence-corrected chi connectivity index (χ2v) is 4.60. The van der Waals surface area contributed by atoms with Crippen molar-refractivity contribution in [3.05, 3.63) is 70.5 Å². The molecule has 0 saturated carbocycles. The summed E-state index contributed by atoms with van der Waals surface area (Å²) in [5.74, 6) is -0.754. The van der Waals surface area contributed by atoms with Crippen molar-refractivity contribution in [1.29, 1.82) is 0 Å². The molecule has 0 aliphatic heterocycles. The lowest BCUT2D eigenvalue weighted by molar-refractivity contribution is 0.480. The van der Waals surface area contributed by atoms with Crippen molar-refractivity contribution < 1.29 is 8.81 Å². The lowest BCUT2D eigenvalue weighted by Gasteiger charge is -2.12. The third-order valence-electron chi connectivity index (χ3n) is 3.25. The number of fused-ring (bicyclic) bond motifs is 1. The van der Waals surface area contributed by atoms with Crippen LogP contribution in [-0.4, -0.2) is 4.57 Å². The average molecular weight is 272 g/mol. The zero-order chi connectivity index (χ0) is 14.1. The summed E-state index contributed by atoms with van der Waals surface area (Å²) in [6.07, 6.45) is 0. The number of aromatic nitrogens is 1. The molecular weight excluding hydrogens is 259 g/mol. The minimum atomic E-state index is -0.441. The van der Waals surface area contributed by atoms with Crippen molar-refractivity contribution in [2.24, 2.45) is 5.73 Å². The average Bonchev–Trinajstić information content (AvgIpc) is 2.76.